The maximum absolute atomic E-state index is 12.3. The van der Waals surface area contributed by atoms with E-state index in [1.807, 2.05) is 0 Å². The minimum atomic E-state index is -1.12. The molecule has 1 unspecified atom stereocenters. The Labute approximate surface area is 165 Å². The van der Waals surface area contributed by atoms with Crippen molar-refractivity contribution in [1.82, 2.24) is 15.5 Å². The Morgan fingerprint density at radius 1 is 1.32 bits per heavy atom. The first kappa shape index (κ1) is 19.4. The SMILES string of the molecule is C[C@@H](O)[C@H]1C(=O)N2C(C(=O)O)=C(S[C@@H]3CN[C@H](CC4CC(=O)NC4=O)C3)C[C@H]12. The van der Waals surface area contributed by atoms with Gasteiger partial charge in [0.1, 0.15) is 5.70 Å². The molecular formula is C18H23N3O6S. The first-order valence-electron chi connectivity index (χ1n) is 9.47. The first-order chi connectivity index (χ1) is 13.3. The van der Waals surface area contributed by atoms with Gasteiger partial charge in [-0.15, -0.1) is 11.8 Å². The third kappa shape index (κ3) is 3.23. The van der Waals surface area contributed by atoms with Crippen molar-refractivity contribution in [3.05, 3.63) is 10.6 Å². The van der Waals surface area contributed by atoms with Gasteiger partial charge in [-0.2, -0.15) is 0 Å². The Morgan fingerprint density at radius 2 is 2.07 bits per heavy atom. The number of fused-ring (bicyclic) bond motifs is 1. The highest BCUT2D eigenvalue weighted by atomic mass is 32.2. The number of carboxylic acids is 1. The van der Waals surface area contributed by atoms with Crippen LogP contribution >= 0.6 is 11.8 Å². The maximum Gasteiger partial charge on any atom is 0.353 e. The summed E-state index contributed by atoms with van der Waals surface area (Å²) in [7, 11) is 0. The molecule has 0 bridgehead atoms. The summed E-state index contributed by atoms with van der Waals surface area (Å²) in [6, 6.07) is -0.183. The number of nitrogens with zero attached hydrogens (tertiary/aromatic N) is 1. The van der Waals surface area contributed by atoms with Gasteiger partial charge in [0, 0.05) is 41.5 Å². The number of β-lactam (4-membered cyclic amide) rings is 1. The Balaban J connectivity index is 1.39. The molecule has 0 aromatic carbocycles. The number of hydrogen-bond donors (Lipinski definition) is 4. The first-order valence-corrected chi connectivity index (χ1v) is 10.4. The fraction of sp³-hybridized carbons (Fsp3) is 0.667. The smallest absolute Gasteiger partial charge is 0.353 e. The second-order valence-electron chi connectivity index (χ2n) is 7.95. The molecule has 4 rings (SSSR count). The molecule has 0 spiro atoms. The highest BCUT2D eigenvalue weighted by Crippen LogP contribution is 2.48. The van der Waals surface area contributed by atoms with Crippen molar-refractivity contribution in [2.24, 2.45) is 11.8 Å². The zero-order valence-electron chi connectivity index (χ0n) is 15.4. The van der Waals surface area contributed by atoms with Gasteiger partial charge in [0.2, 0.25) is 17.7 Å². The van der Waals surface area contributed by atoms with Crippen LogP contribution in [0.4, 0.5) is 0 Å². The Kier molecular flexibility index (Phi) is 4.96. The lowest BCUT2D eigenvalue weighted by atomic mass is 9.83. The standard InChI is InChI=1S/C18H23N3O6S/c1-7(22)14-11-5-12(15(18(26)27)21(11)17(14)25)28-10-4-9(19-6-10)2-8-3-13(23)20-16(8)24/h7-11,14,19,22H,2-6H2,1H3,(H,26,27)(H,20,23,24)/t7-,8?,9-,10+,11-,14-/m1/s1. The molecule has 0 aromatic rings. The van der Waals surface area contributed by atoms with Crippen molar-refractivity contribution in [3.8, 4) is 0 Å². The maximum atomic E-state index is 12.3. The van der Waals surface area contributed by atoms with E-state index in [0.29, 0.717) is 24.3 Å². The monoisotopic (exact) mass is 409 g/mol. The zero-order chi connectivity index (χ0) is 20.2. The molecule has 10 heteroatoms. The summed E-state index contributed by atoms with van der Waals surface area (Å²) in [5.41, 5.74) is 0.0427. The molecule has 9 nitrogen and oxygen atoms in total. The number of aliphatic hydroxyl groups excluding tert-OH is 1. The van der Waals surface area contributed by atoms with E-state index in [2.05, 4.69) is 10.6 Å². The number of thioether (sulfide) groups is 1. The number of amides is 3. The highest BCUT2D eigenvalue weighted by Gasteiger charge is 2.57. The molecule has 3 fully saturated rings. The normalized spacial score (nSPS) is 35.9. The average Bonchev–Trinajstić information content (AvgIpc) is 3.25. The van der Waals surface area contributed by atoms with Crippen LogP contribution in [0.2, 0.25) is 0 Å². The van der Waals surface area contributed by atoms with E-state index in [9.17, 15) is 29.4 Å². The molecule has 3 saturated heterocycles. The third-order valence-electron chi connectivity index (χ3n) is 6.02. The molecule has 0 aliphatic carbocycles. The lowest BCUT2D eigenvalue weighted by molar-refractivity contribution is -0.161. The number of nitrogens with one attached hydrogen (secondary N) is 2. The Hall–Kier alpha value is -1.91. The number of carboxylic acid groups (broad SMARTS) is 1. The van der Waals surface area contributed by atoms with Gasteiger partial charge in [0.25, 0.3) is 0 Å². The van der Waals surface area contributed by atoms with Gasteiger partial charge in [-0.05, 0) is 19.8 Å². The molecule has 152 valence electrons. The fourth-order valence-electron chi connectivity index (χ4n) is 4.73. The quantitative estimate of drug-likeness (QED) is 0.338. The van der Waals surface area contributed by atoms with E-state index in [4.69, 9.17) is 0 Å². The molecule has 4 heterocycles. The van der Waals surface area contributed by atoms with Crippen LogP contribution in [0.25, 0.3) is 0 Å². The largest absolute Gasteiger partial charge is 0.477 e. The molecule has 0 radical (unpaired) electrons. The topological polar surface area (TPSA) is 136 Å². The van der Waals surface area contributed by atoms with Crippen LogP contribution in [0.1, 0.15) is 32.6 Å². The predicted molar refractivity (Wildman–Crippen MR) is 98.7 cm³/mol. The van der Waals surface area contributed by atoms with Crippen molar-refractivity contribution in [3.63, 3.8) is 0 Å². The number of carbonyl (C=O) groups is 4. The number of imide groups is 1. The molecular weight excluding hydrogens is 386 g/mol. The second kappa shape index (κ2) is 7.16. The van der Waals surface area contributed by atoms with E-state index in [-0.39, 0.29) is 53.1 Å². The molecule has 3 amide bonds. The van der Waals surface area contributed by atoms with Crippen LogP contribution in [-0.4, -0.2) is 68.8 Å². The van der Waals surface area contributed by atoms with Crippen LogP contribution in [0, 0.1) is 11.8 Å². The Bertz CT molecular complexity index is 781. The van der Waals surface area contributed by atoms with Crippen LogP contribution in [0.3, 0.4) is 0 Å². The summed E-state index contributed by atoms with van der Waals surface area (Å²) in [5, 5.41) is 25.2. The van der Waals surface area contributed by atoms with Crippen molar-refractivity contribution in [1.29, 1.82) is 0 Å². The molecule has 0 aromatic heterocycles. The number of hydrogen-bond acceptors (Lipinski definition) is 7. The van der Waals surface area contributed by atoms with Crippen molar-refractivity contribution in [2.75, 3.05) is 6.54 Å². The fourth-order valence-corrected chi connectivity index (χ4v) is 6.20. The molecule has 4 aliphatic heterocycles. The highest BCUT2D eigenvalue weighted by molar-refractivity contribution is 8.03. The summed E-state index contributed by atoms with van der Waals surface area (Å²) >= 11 is 1.47. The van der Waals surface area contributed by atoms with E-state index in [0.717, 1.165) is 6.42 Å². The van der Waals surface area contributed by atoms with Gasteiger partial charge in [0.15, 0.2) is 0 Å². The van der Waals surface area contributed by atoms with Crippen molar-refractivity contribution < 1.29 is 29.4 Å². The summed E-state index contributed by atoms with van der Waals surface area (Å²) < 4.78 is 0. The summed E-state index contributed by atoms with van der Waals surface area (Å²) in [6.45, 7) is 2.23. The van der Waals surface area contributed by atoms with E-state index < -0.39 is 18.0 Å². The zero-order valence-corrected chi connectivity index (χ0v) is 16.2. The summed E-state index contributed by atoms with van der Waals surface area (Å²) in [5.74, 6) is -2.75. The van der Waals surface area contributed by atoms with E-state index >= 15 is 0 Å². The number of aliphatic hydroxyl groups is 1. The summed E-state index contributed by atoms with van der Waals surface area (Å²) in [4.78, 5) is 49.1. The lowest BCUT2D eigenvalue weighted by Gasteiger charge is -2.44. The number of aliphatic carboxylic acids is 1. The minimum Gasteiger partial charge on any atom is -0.477 e. The van der Waals surface area contributed by atoms with E-state index in [1.165, 1.54) is 16.7 Å². The van der Waals surface area contributed by atoms with Gasteiger partial charge in [-0.3, -0.25) is 19.7 Å². The van der Waals surface area contributed by atoms with Crippen LogP contribution in [-0.2, 0) is 19.2 Å². The van der Waals surface area contributed by atoms with Crippen LogP contribution in [0.15, 0.2) is 10.6 Å². The lowest BCUT2D eigenvalue weighted by Crippen LogP contribution is -2.61. The van der Waals surface area contributed by atoms with Gasteiger partial charge >= 0.3 is 5.97 Å². The molecule has 6 atom stereocenters. The van der Waals surface area contributed by atoms with Crippen molar-refractivity contribution in [2.45, 2.75) is 56.0 Å². The van der Waals surface area contributed by atoms with Crippen molar-refractivity contribution >= 4 is 35.5 Å². The second-order valence-corrected chi connectivity index (χ2v) is 9.35. The third-order valence-corrected chi connectivity index (χ3v) is 7.35. The van der Waals surface area contributed by atoms with Gasteiger partial charge in [0.05, 0.1) is 18.1 Å². The molecule has 4 aliphatic rings. The molecule has 28 heavy (non-hydrogen) atoms. The van der Waals surface area contributed by atoms with E-state index in [1.54, 1.807) is 6.92 Å². The molecule has 0 saturated carbocycles. The van der Waals surface area contributed by atoms with Crippen LogP contribution in [0.5, 0.6) is 0 Å². The average molecular weight is 409 g/mol. The summed E-state index contributed by atoms with van der Waals surface area (Å²) in [6.07, 6.45) is 1.22. The number of carbonyl (C=O) groups excluding carboxylic acids is 3. The van der Waals surface area contributed by atoms with Gasteiger partial charge in [-0.1, -0.05) is 0 Å². The molecule has 4 N–H and O–H groups in total. The number of rotatable bonds is 6. The predicted octanol–water partition coefficient (Wildman–Crippen LogP) is -0.589. The van der Waals surface area contributed by atoms with Gasteiger partial charge < -0.3 is 20.4 Å². The van der Waals surface area contributed by atoms with Crippen LogP contribution < -0.4 is 10.6 Å². The van der Waals surface area contributed by atoms with Gasteiger partial charge in [-0.25, -0.2) is 4.79 Å². The minimum absolute atomic E-state index is 0.0427. The Morgan fingerprint density at radius 3 is 2.68 bits per heavy atom.